The molecule has 0 aromatic heterocycles. The average Bonchev–Trinajstić information content (AvgIpc) is 3.28. The molecular weight excluding hydrogens is 398 g/mol. The maximum Gasteiger partial charge on any atom is 0.339 e. The summed E-state index contributed by atoms with van der Waals surface area (Å²) in [7, 11) is 0. The molecule has 0 radical (unpaired) electrons. The van der Waals surface area contributed by atoms with Crippen molar-refractivity contribution in [1.29, 1.82) is 0 Å². The highest BCUT2D eigenvalue weighted by Gasteiger charge is 2.18. The minimum absolute atomic E-state index is 0.0425. The molecule has 1 heterocycles. The van der Waals surface area contributed by atoms with Gasteiger partial charge in [-0.1, -0.05) is 42.0 Å². The topological polar surface area (TPSA) is 64.6 Å². The summed E-state index contributed by atoms with van der Waals surface area (Å²) in [5, 5.41) is 2.81. The van der Waals surface area contributed by atoms with Crippen molar-refractivity contribution in [3.63, 3.8) is 0 Å². The third-order valence-corrected chi connectivity index (χ3v) is 6.18. The third kappa shape index (κ3) is 7.18. The number of hydrogen-bond acceptors (Lipinski definition) is 5. The van der Waals surface area contributed by atoms with Gasteiger partial charge >= 0.3 is 5.97 Å². The molecule has 1 aliphatic rings. The predicted octanol–water partition coefficient (Wildman–Crippen LogP) is 4.17. The first-order valence-corrected chi connectivity index (χ1v) is 11.4. The summed E-state index contributed by atoms with van der Waals surface area (Å²) in [4.78, 5) is 25.4. The van der Waals surface area contributed by atoms with Gasteiger partial charge in [-0.2, -0.15) is 0 Å². The molecule has 1 N–H and O–H groups in total. The molecule has 160 valence electrons. The van der Waals surface area contributed by atoms with E-state index >= 15 is 0 Å². The van der Waals surface area contributed by atoms with E-state index in [0.717, 1.165) is 35.7 Å². The smallest absolute Gasteiger partial charge is 0.339 e. The highest BCUT2D eigenvalue weighted by molar-refractivity contribution is 7.99. The second kappa shape index (κ2) is 11.8. The lowest BCUT2D eigenvalue weighted by atomic mass is 10.1. The van der Waals surface area contributed by atoms with E-state index in [1.165, 1.54) is 5.56 Å². The molecule has 0 bridgehead atoms. The zero-order valence-electron chi connectivity index (χ0n) is 17.4. The van der Waals surface area contributed by atoms with E-state index in [0.29, 0.717) is 24.9 Å². The van der Waals surface area contributed by atoms with Crippen LogP contribution in [0.3, 0.4) is 0 Å². The monoisotopic (exact) mass is 427 g/mol. The highest BCUT2D eigenvalue weighted by Crippen LogP contribution is 2.27. The van der Waals surface area contributed by atoms with Crippen LogP contribution in [0.4, 0.5) is 0 Å². The van der Waals surface area contributed by atoms with E-state index in [1.54, 1.807) is 17.8 Å². The molecule has 2 aromatic carbocycles. The molecule has 1 atom stereocenters. The van der Waals surface area contributed by atoms with Crippen molar-refractivity contribution in [2.75, 3.05) is 25.5 Å². The van der Waals surface area contributed by atoms with Crippen molar-refractivity contribution in [2.24, 2.45) is 0 Å². The summed E-state index contributed by atoms with van der Waals surface area (Å²) in [5.74, 6) is 0.430. The lowest BCUT2D eigenvalue weighted by Gasteiger charge is -2.12. The van der Waals surface area contributed by atoms with Gasteiger partial charge in [0.15, 0.2) is 0 Å². The number of nitrogens with one attached hydrogen (secondary N) is 1. The van der Waals surface area contributed by atoms with Gasteiger partial charge in [-0.3, -0.25) is 4.79 Å². The number of carbonyl (C=O) groups is 2. The molecule has 1 unspecified atom stereocenters. The minimum Gasteiger partial charge on any atom is -0.460 e. The largest absolute Gasteiger partial charge is 0.460 e. The van der Waals surface area contributed by atoms with Crippen LogP contribution in [0.2, 0.25) is 0 Å². The van der Waals surface area contributed by atoms with Crippen molar-refractivity contribution in [2.45, 2.75) is 43.6 Å². The molecular formula is C24H29NO4S. The Labute approximate surface area is 182 Å². The summed E-state index contributed by atoms with van der Waals surface area (Å²) < 4.78 is 11.0. The quantitative estimate of drug-likeness (QED) is 0.350. The second-order valence-corrected chi connectivity index (χ2v) is 8.48. The van der Waals surface area contributed by atoms with Gasteiger partial charge in [0, 0.05) is 23.7 Å². The number of hydrogen-bond donors (Lipinski definition) is 1. The van der Waals surface area contributed by atoms with Crippen LogP contribution in [0.15, 0.2) is 53.4 Å². The number of esters is 1. The van der Waals surface area contributed by atoms with Crippen LogP contribution in [-0.2, 0) is 20.7 Å². The SMILES string of the molecule is Cc1ccc(CCC(=O)NCCOC(=O)c2ccccc2SCC2CCCO2)cc1. The fraction of sp³-hybridized carbons (Fsp3) is 0.417. The van der Waals surface area contributed by atoms with Crippen LogP contribution in [0.1, 0.15) is 40.7 Å². The van der Waals surface area contributed by atoms with E-state index in [-0.39, 0.29) is 24.6 Å². The summed E-state index contributed by atoms with van der Waals surface area (Å²) in [6.07, 6.45) is 3.55. The molecule has 0 saturated carbocycles. The van der Waals surface area contributed by atoms with E-state index < -0.39 is 0 Å². The number of aryl methyl sites for hydroxylation is 2. The molecule has 1 aliphatic heterocycles. The maximum absolute atomic E-state index is 12.5. The van der Waals surface area contributed by atoms with Crippen LogP contribution < -0.4 is 5.32 Å². The number of ether oxygens (including phenoxy) is 2. The predicted molar refractivity (Wildman–Crippen MR) is 119 cm³/mol. The summed E-state index contributed by atoms with van der Waals surface area (Å²) >= 11 is 1.63. The van der Waals surface area contributed by atoms with Gasteiger partial charge in [0.2, 0.25) is 5.91 Å². The van der Waals surface area contributed by atoms with Gasteiger partial charge in [-0.25, -0.2) is 4.79 Å². The Kier molecular flexibility index (Phi) is 8.78. The van der Waals surface area contributed by atoms with Crippen molar-refractivity contribution < 1.29 is 19.1 Å². The number of amides is 1. The Morgan fingerprint density at radius 1 is 1.17 bits per heavy atom. The Hall–Kier alpha value is -2.31. The molecule has 0 aliphatic carbocycles. The van der Waals surface area contributed by atoms with E-state index in [9.17, 15) is 9.59 Å². The zero-order valence-corrected chi connectivity index (χ0v) is 18.2. The third-order valence-electron chi connectivity index (χ3n) is 4.97. The minimum atomic E-state index is -0.362. The van der Waals surface area contributed by atoms with Crippen LogP contribution >= 0.6 is 11.8 Å². The van der Waals surface area contributed by atoms with Gasteiger partial charge in [-0.15, -0.1) is 11.8 Å². The molecule has 2 aromatic rings. The highest BCUT2D eigenvalue weighted by atomic mass is 32.2. The van der Waals surface area contributed by atoms with Crippen molar-refractivity contribution in [3.8, 4) is 0 Å². The molecule has 6 heteroatoms. The van der Waals surface area contributed by atoms with Crippen LogP contribution in [-0.4, -0.2) is 43.5 Å². The Morgan fingerprint density at radius 2 is 1.97 bits per heavy atom. The van der Waals surface area contributed by atoms with Crippen LogP contribution in [0, 0.1) is 6.92 Å². The van der Waals surface area contributed by atoms with Crippen LogP contribution in [0.25, 0.3) is 0 Å². The van der Waals surface area contributed by atoms with Crippen molar-refractivity contribution in [3.05, 3.63) is 65.2 Å². The first-order chi connectivity index (χ1) is 14.6. The van der Waals surface area contributed by atoms with Gasteiger partial charge in [0.05, 0.1) is 18.2 Å². The summed E-state index contributed by atoms with van der Waals surface area (Å²) in [6.45, 7) is 3.33. The number of rotatable bonds is 10. The van der Waals surface area contributed by atoms with Gasteiger partial charge in [0.1, 0.15) is 6.61 Å². The van der Waals surface area contributed by atoms with E-state index in [2.05, 4.69) is 5.32 Å². The molecule has 30 heavy (non-hydrogen) atoms. The van der Waals surface area contributed by atoms with Gasteiger partial charge < -0.3 is 14.8 Å². The molecule has 1 saturated heterocycles. The lowest BCUT2D eigenvalue weighted by Crippen LogP contribution is -2.28. The van der Waals surface area contributed by atoms with Gasteiger partial charge in [0.25, 0.3) is 0 Å². The number of carbonyl (C=O) groups excluding carboxylic acids is 2. The van der Waals surface area contributed by atoms with E-state index in [1.807, 2.05) is 49.4 Å². The number of thioether (sulfide) groups is 1. The van der Waals surface area contributed by atoms with Crippen LogP contribution in [0.5, 0.6) is 0 Å². The fourth-order valence-electron chi connectivity index (χ4n) is 3.23. The van der Waals surface area contributed by atoms with Crippen molar-refractivity contribution in [1.82, 2.24) is 5.32 Å². The summed E-state index contributed by atoms with van der Waals surface area (Å²) in [5.41, 5.74) is 2.90. The molecule has 3 rings (SSSR count). The first kappa shape index (κ1) is 22.4. The first-order valence-electron chi connectivity index (χ1n) is 10.4. The maximum atomic E-state index is 12.5. The van der Waals surface area contributed by atoms with Crippen molar-refractivity contribution >= 4 is 23.6 Å². The summed E-state index contributed by atoms with van der Waals surface area (Å²) in [6, 6.07) is 15.6. The molecule has 0 spiro atoms. The molecule has 1 amide bonds. The Balaban J connectivity index is 1.37. The molecule has 5 nitrogen and oxygen atoms in total. The zero-order chi connectivity index (χ0) is 21.2. The average molecular weight is 428 g/mol. The van der Waals surface area contributed by atoms with E-state index in [4.69, 9.17) is 9.47 Å². The normalized spacial score (nSPS) is 15.7. The standard InChI is InChI=1S/C24H29NO4S/c1-18-8-10-19(11-9-18)12-13-23(26)25-14-16-29-24(27)21-6-2-3-7-22(21)30-17-20-5-4-15-28-20/h2-3,6-11,20H,4-5,12-17H2,1H3,(H,25,26). The second-order valence-electron chi connectivity index (χ2n) is 7.41. The molecule has 1 fully saturated rings. The Morgan fingerprint density at radius 3 is 2.73 bits per heavy atom. The van der Waals surface area contributed by atoms with Gasteiger partial charge in [-0.05, 0) is 43.9 Å². The Bertz CT molecular complexity index is 831. The number of benzene rings is 2. The lowest BCUT2D eigenvalue weighted by molar-refractivity contribution is -0.121. The fourth-order valence-corrected chi connectivity index (χ4v) is 4.34.